The molecule has 0 radical (unpaired) electrons. The maximum atomic E-state index is 11.9. The molecule has 0 aromatic heterocycles. The monoisotopic (exact) mass is 281 g/mol. The van der Waals surface area contributed by atoms with Gasteiger partial charge in [-0.3, -0.25) is 0 Å². The van der Waals surface area contributed by atoms with Gasteiger partial charge in [-0.2, -0.15) is 0 Å². The minimum atomic E-state index is -3.45. The van der Waals surface area contributed by atoms with E-state index in [2.05, 4.69) is 4.72 Å². The average molecular weight is 282 g/mol. The summed E-state index contributed by atoms with van der Waals surface area (Å²) in [5.74, 6) is 0. The highest BCUT2D eigenvalue weighted by molar-refractivity contribution is 7.89. The Morgan fingerprint density at radius 2 is 1.56 bits per heavy atom. The van der Waals surface area contributed by atoms with Crippen LogP contribution in [0.15, 0.2) is 59.5 Å². The Hall–Kier alpha value is -1.36. The molecule has 3 nitrogen and oxygen atoms in total. The molecule has 0 aliphatic carbocycles. The number of rotatable bonds is 4. The highest BCUT2D eigenvalue weighted by Crippen LogP contribution is 2.11. The van der Waals surface area contributed by atoms with Crippen LogP contribution in [0.25, 0.3) is 0 Å². The summed E-state index contributed by atoms with van der Waals surface area (Å²) in [7, 11) is -3.45. The first-order valence-corrected chi connectivity index (χ1v) is 7.23. The van der Waals surface area contributed by atoms with Crippen LogP contribution in [0, 0.1) is 0 Å². The predicted octanol–water partition coefficient (Wildman–Crippen LogP) is 2.82. The SMILES string of the molecule is O=S(=O)(NCc1ccc(Cl)cc1)c1ccccc1. The van der Waals surface area contributed by atoms with Gasteiger partial charge in [-0.05, 0) is 29.8 Å². The quantitative estimate of drug-likeness (QED) is 0.937. The fraction of sp³-hybridized carbons (Fsp3) is 0.0769. The molecule has 94 valence electrons. The summed E-state index contributed by atoms with van der Waals surface area (Å²) in [5, 5.41) is 0.629. The molecule has 0 amide bonds. The first-order valence-electron chi connectivity index (χ1n) is 5.37. The van der Waals surface area contributed by atoms with Gasteiger partial charge in [-0.1, -0.05) is 41.9 Å². The van der Waals surface area contributed by atoms with Crippen molar-refractivity contribution in [3.05, 3.63) is 65.2 Å². The molecule has 2 aromatic carbocycles. The van der Waals surface area contributed by atoms with Crippen molar-refractivity contribution in [3.8, 4) is 0 Å². The maximum absolute atomic E-state index is 11.9. The van der Waals surface area contributed by atoms with Gasteiger partial charge in [-0.15, -0.1) is 0 Å². The van der Waals surface area contributed by atoms with E-state index < -0.39 is 10.0 Å². The number of nitrogens with one attached hydrogen (secondary N) is 1. The minimum absolute atomic E-state index is 0.244. The molecule has 18 heavy (non-hydrogen) atoms. The van der Waals surface area contributed by atoms with E-state index in [0.29, 0.717) is 5.02 Å². The standard InChI is InChI=1S/C13H12ClNO2S/c14-12-8-6-11(7-9-12)10-15-18(16,17)13-4-2-1-3-5-13/h1-9,15H,10H2. The molecule has 0 bridgehead atoms. The Bertz CT molecular complexity index is 609. The summed E-state index contributed by atoms with van der Waals surface area (Å²) < 4.78 is 26.4. The second-order valence-electron chi connectivity index (χ2n) is 3.76. The van der Waals surface area contributed by atoms with Crippen molar-refractivity contribution in [1.29, 1.82) is 0 Å². The number of benzene rings is 2. The van der Waals surface area contributed by atoms with Crippen molar-refractivity contribution in [1.82, 2.24) is 4.72 Å². The van der Waals surface area contributed by atoms with Crippen LogP contribution in [0.3, 0.4) is 0 Å². The number of hydrogen-bond acceptors (Lipinski definition) is 2. The summed E-state index contributed by atoms with van der Waals surface area (Å²) >= 11 is 5.76. The van der Waals surface area contributed by atoms with Gasteiger partial charge in [0.2, 0.25) is 10.0 Å². The van der Waals surface area contributed by atoms with Gasteiger partial charge in [0.25, 0.3) is 0 Å². The topological polar surface area (TPSA) is 46.2 Å². The second kappa shape index (κ2) is 5.52. The van der Waals surface area contributed by atoms with Crippen molar-refractivity contribution in [2.45, 2.75) is 11.4 Å². The van der Waals surface area contributed by atoms with E-state index >= 15 is 0 Å². The van der Waals surface area contributed by atoms with Crippen molar-refractivity contribution in [2.24, 2.45) is 0 Å². The van der Waals surface area contributed by atoms with Gasteiger partial charge in [0.1, 0.15) is 0 Å². The van der Waals surface area contributed by atoms with Gasteiger partial charge in [0, 0.05) is 11.6 Å². The molecule has 0 fully saturated rings. The first-order chi connectivity index (χ1) is 8.58. The molecule has 2 aromatic rings. The molecular weight excluding hydrogens is 270 g/mol. The van der Waals surface area contributed by atoms with Crippen LogP contribution in [-0.4, -0.2) is 8.42 Å². The maximum Gasteiger partial charge on any atom is 0.240 e. The van der Waals surface area contributed by atoms with Gasteiger partial charge < -0.3 is 0 Å². The highest BCUT2D eigenvalue weighted by Gasteiger charge is 2.12. The number of hydrogen-bond donors (Lipinski definition) is 1. The van der Waals surface area contributed by atoms with Crippen LogP contribution in [0.5, 0.6) is 0 Å². The fourth-order valence-electron chi connectivity index (χ4n) is 1.46. The lowest BCUT2D eigenvalue weighted by Crippen LogP contribution is -2.23. The summed E-state index contributed by atoms with van der Waals surface area (Å²) in [6.07, 6.45) is 0. The van der Waals surface area contributed by atoms with E-state index in [1.165, 1.54) is 0 Å². The Labute approximate surface area is 111 Å². The molecule has 1 N–H and O–H groups in total. The van der Waals surface area contributed by atoms with E-state index in [0.717, 1.165) is 5.56 Å². The third kappa shape index (κ3) is 3.32. The molecule has 0 unspecified atom stereocenters. The molecule has 0 spiro atoms. The zero-order valence-corrected chi connectivity index (χ0v) is 11.1. The van der Waals surface area contributed by atoms with E-state index in [9.17, 15) is 8.42 Å². The van der Waals surface area contributed by atoms with Gasteiger partial charge in [-0.25, -0.2) is 13.1 Å². The Morgan fingerprint density at radius 3 is 2.17 bits per heavy atom. The molecule has 0 aliphatic rings. The third-order valence-electron chi connectivity index (χ3n) is 2.43. The van der Waals surface area contributed by atoms with Crippen molar-refractivity contribution in [3.63, 3.8) is 0 Å². The van der Waals surface area contributed by atoms with Crippen molar-refractivity contribution >= 4 is 21.6 Å². The van der Waals surface area contributed by atoms with E-state index in [1.54, 1.807) is 54.6 Å². The lowest BCUT2D eigenvalue weighted by Gasteiger charge is -2.06. The molecule has 0 saturated carbocycles. The first kappa shape index (κ1) is 13.1. The molecule has 2 rings (SSSR count). The largest absolute Gasteiger partial charge is 0.240 e. The smallest absolute Gasteiger partial charge is 0.207 e. The molecule has 0 saturated heterocycles. The number of sulfonamides is 1. The van der Waals surface area contributed by atoms with Crippen LogP contribution in [0.1, 0.15) is 5.56 Å². The molecular formula is C13H12ClNO2S. The van der Waals surface area contributed by atoms with Crippen LogP contribution in [0.2, 0.25) is 5.02 Å². The molecule has 0 aliphatic heterocycles. The van der Waals surface area contributed by atoms with Crippen LogP contribution in [-0.2, 0) is 16.6 Å². The third-order valence-corrected chi connectivity index (χ3v) is 4.10. The van der Waals surface area contributed by atoms with E-state index in [4.69, 9.17) is 11.6 Å². The van der Waals surface area contributed by atoms with Gasteiger partial charge >= 0.3 is 0 Å². The molecule has 0 atom stereocenters. The zero-order chi connectivity index (χ0) is 13.0. The predicted molar refractivity (Wildman–Crippen MR) is 71.9 cm³/mol. The Balaban J connectivity index is 2.08. The fourth-order valence-corrected chi connectivity index (χ4v) is 2.63. The zero-order valence-electron chi connectivity index (χ0n) is 9.51. The Kier molecular flexibility index (Phi) is 4.01. The lowest BCUT2D eigenvalue weighted by atomic mass is 10.2. The summed E-state index contributed by atoms with van der Waals surface area (Å²) in [5.41, 5.74) is 0.860. The summed E-state index contributed by atoms with van der Waals surface area (Å²) in [6.45, 7) is 0.244. The molecule has 0 heterocycles. The normalized spacial score (nSPS) is 11.4. The van der Waals surface area contributed by atoms with Gasteiger partial charge in [0.05, 0.1) is 4.90 Å². The number of halogens is 1. The average Bonchev–Trinajstić information content (AvgIpc) is 2.39. The summed E-state index contributed by atoms with van der Waals surface area (Å²) in [6, 6.07) is 15.3. The highest BCUT2D eigenvalue weighted by atomic mass is 35.5. The van der Waals surface area contributed by atoms with E-state index in [-0.39, 0.29) is 11.4 Å². The Morgan fingerprint density at radius 1 is 0.944 bits per heavy atom. The van der Waals surface area contributed by atoms with Crippen LogP contribution < -0.4 is 4.72 Å². The minimum Gasteiger partial charge on any atom is -0.207 e. The van der Waals surface area contributed by atoms with Crippen LogP contribution in [0.4, 0.5) is 0 Å². The van der Waals surface area contributed by atoms with E-state index in [1.807, 2.05) is 0 Å². The van der Waals surface area contributed by atoms with Crippen LogP contribution >= 0.6 is 11.6 Å². The lowest BCUT2D eigenvalue weighted by molar-refractivity contribution is 0.581. The van der Waals surface area contributed by atoms with Crippen molar-refractivity contribution < 1.29 is 8.42 Å². The van der Waals surface area contributed by atoms with Gasteiger partial charge in [0.15, 0.2) is 0 Å². The second-order valence-corrected chi connectivity index (χ2v) is 5.97. The van der Waals surface area contributed by atoms with Crippen molar-refractivity contribution in [2.75, 3.05) is 0 Å². The summed E-state index contributed by atoms with van der Waals surface area (Å²) in [4.78, 5) is 0.263. The molecule has 5 heteroatoms.